The summed E-state index contributed by atoms with van der Waals surface area (Å²) in [5.74, 6) is 0.261. The number of rotatable bonds is 9. The van der Waals surface area contributed by atoms with Gasteiger partial charge in [-0.3, -0.25) is 4.79 Å². The number of unbranched alkanes of at least 4 members (excludes halogenated alkanes) is 1. The normalized spacial score (nSPS) is 13.2. The Hall–Kier alpha value is -4.01. The number of aromatic amines is 1. The fourth-order valence-electron chi connectivity index (χ4n) is 4.27. The summed E-state index contributed by atoms with van der Waals surface area (Å²) in [7, 11) is 0. The molecule has 1 atom stereocenters. The Morgan fingerprint density at radius 3 is 2.63 bits per heavy atom. The standard InChI is InChI=1S/C26H29N5O4/c1-4-5-10-23(32)31(24(16(2)3)26(33)34)15-17-11-12-19-20(25-27-29-30-28-25)14-18-8-6-7-9-21(18)35-22(19)13-17/h6-9,11-14,16,24H,4-5,10,15H2,1-3H3,(H,33,34)(H,27,28,29,30)/t24-/m0/s1. The molecular formula is C26H29N5O4. The molecule has 0 aliphatic carbocycles. The first-order valence-electron chi connectivity index (χ1n) is 11.8. The second-order valence-corrected chi connectivity index (χ2v) is 8.92. The van der Waals surface area contributed by atoms with E-state index in [1.54, 1.807) is 0 Å². The molecule has 9 heteroatoms. The molecule has 1 aliphatic heterocycles. The largest absolute Gasteiger partial charge is 0.480 e. The Bertz CT molecular complexity index is 1240. The van der Waals surface area contributed by atoms with E-state index in [0.29, 0.717) is 30.2 Å². The quantitative estimate of drug-likeness (QED) is 0.365. The lowest BCUT2D eigenvalue weighted by atomic mass is 9.98. The molecule has 0 radical (unpaired) electrons. The first-order chi connectivity index (χ1) is 16.9. The first-order valence-corrected chi connectivity index (χ1v) is 11.8. The smallest absolute Gasteiger partial charge is 0.326 e. The lowest BCUT2D eigenvalue weighted by Crippen LogP contribution is -2.47. The van der Waals surface area contributed by atoms with Crippen LogP contribution in [0.5, 0.6) is 11.5 Å². The topological polar surface area (TPSA) is 121 Å². The van der Waals surface area contributed by atoms with Crippen molar-refractivity contribution < 1.29 is 19.4 Å². The molecule has 4 rings (SSSR count). The molecule has 1 aliphatic rings. The van der Waals surface area contributed by atoms with Crippen LogP contribution < -0.4 is 4.74 Å². The van der Waals surface area contributed by atoms with Crippen LogP contribution in [0.2, 0.25) is 0 Å². The zero-order chi connectivity index (χ0) is 24.9. The van der Waals surface area contributed by atoms with E-state index in [9.17, 15) is 14.7 Å². The first kappa shape index (κ1) is 24.1. The van der Waals surface area contributed by atoms with E-state index >= 15 is 0 Å². The SMILES string of the molecule is CCCCC(=O)N(Cc1ccc2c(c1)Oc1ccccc1C=C2c1nn[nH]n1)[C@H](C(=O)O)C(C)C. The van der Waals surface area contributed by atoms with Gasteiger partial charge in [0.25, 0.3) is 0 Å². The van der Waals surface area contributed by atoms with Gasteiger partial charge in [-0.15, -0.1) is 10.2 Å². The molecule has 0 bridgehead atoms. The molecule has 1 aromatic heterocycles. The van der Waals surface area contributed by atoms with Gasteiger partial charge in [0.1, 0.15) is 17.5 Å². The highest BCUT2D eigenvalue weighted by Crippen LogP contribution is 2.40. The number of H-pyrrole nitrogens is 1. The van der Waals surface area contributed by atoms with E-state index in [2.05, 4.69) is 20.6 Å². The van der Waals surface area contributed by atoms with E-state index in [0.717, 1.165) is 28.7 Å². The molecule has 9 nitrogen and oxygen atoms in total. The van der Waals surface area contributed by atoms with E-state index in [4.69, 9.17) is 4.74 Å². The minimum atomic E-state index is -1.01. The maximum absolute atomic E-state index is 13.1. The highest BCUT2D eigenvalue weighted by molar-refractivity contribution is 5.93. The summed E-state index contributed by atoms with van der Waals surface area (Å²) < 4.78 is 6.28. The molecule has 2 N–H and O–H groups in total. The van der Waals surface area contributed by atoms with Crippen molar-refractivity contribution in [2.24, 2.45) is 5.92 Å². The van der Waals surface area contributed by atoms with Crippen LogP contribution in [-0.4, -0.2) is 48.5 Å². The number of hydrogen-bond acceptors (Lipinski definition) is 6. The molecule has 182 valence electrons. The summed E-state index contributed by atoms with van der Waals surface area (Å²) in [4.78, 5) is 26.6. The Morgan fingerprint density at radius 2 is 1.94 bits per heavy atom. The van der Waals surface area contributed by atoms with Gasteiger partial charge in [0.2, 0.25) is 11.7 Å². The van der Waals surface area contributed by atoms with Gasteiger partial charge in [0.15, 0.2) is 0 Å². The number of carbonyl (C=O) groups excluding carboxylic acids is 1. The summed E-state index contributed by atoms with van der Waals surface area (Å²) in [6.07, 6.45) is 3.83. The van der Waals surface area contributed by atoms with Crippen molar-refractivity contribution in [3.05, 3.63) is 65.0 Å². The number of aromatic nitrogens is 4. The van der Waals surface area contributed by atoms with Crippen LogP contribution in [0.1, 0.15) is 62.5 Å². The van der Waals surface area contributed by atoms with Crippen molar-refractivity contribution in [1.82, 2.24) is 25.5 Å². The van der Waals surface area contributed by atoms with Crippen molar-refractivity contribution in [3.8, 4) is 11.5 Å². The molecule has 0 fully saturated rings. The van der Waals surface area contributed by atoms with Crippen LogP contribution in [0.25, 0.3) is 11.6 Å². The van der Waals surface area contributed by atoms with Gasteiger partial charge in [0, 0.05) is 29.7 Å². The molecule has 35 heavy (non-hydrogen) atoms. The Balaban J connectivity index is 1.74. The third kappa shape index (κ3) is 5.24. The number of fused-ring (bicyclic) bond motifs is 2. The third-order valence-electron chi connectivity index (χ3n) is 6.00. The van der Waals surface area contributed by atoms with Crippen molar-refractivity contribution in [1.29, 1.82) is 0 Å². The second kappa shape index (κ2) is 10.5. The van der Waals surface area contributed by atoms with Gasteiger partial charge in [-0.2, -0.15) is 5.21 Å². The number of amides is 1. The van der Waals surface area contributed by atoms with Crippen LogP contribution in [0.15, 0.2) is 42.5 Å². The molecule has 2 heterocycles. The van der Waals surface area contributed by atoms with Crippen LogP contribution in [0.4, 0.5) is 0 Å². The number of carboxylic acids is 1. The van der Waals surface area contributed by atoms with E-state index in [1.807, 2.05) is 69.3 Å². The lowest BCUT2D eigenvalue weighted by molar-refractivity contribution is -0.153. The molecule has 2 aromatic carbocycles. The minimum absolute atomic E-state index is 0.164. The van der Waals surface area contributed by atoms with Gasteiger partial charge >= 0.3 is 5.97 Å². The summed E-state index contributed by atoms with van der Waals surface area (Å²) in [5.41, 5.74) is 3.15. The molecule has 0 saturated carbocycles. The van der Waals surface area contributed by atoms with Gasteiger partial charge in [-0.1, -0.05) is 57.5 Å². The van der Waals surface area contributed by atoms with E-state index in [-0.39, 0.29) is 18.4 Å². The fraction of sp³-hybridized carbons (Fsp3) is 0.346. The zero-order valence-electron chi connectivity index (χ0n) is 20.1. The third-order valence-corrected chi connectivity index (χ3v) is 6.00. The van der Waals surface area contributed by atoms with Gasteiger partial charge in [0.05, 0.1) is 0 Å². The number of para-hydroxylation sites is 1. The maximum Gasteiger partial charge on any atom is 0.326 e. The average molecular weight is 476 g/mol. The summed E-state index contributed by atoms with van der Waals surface area (Å²) in [6, 6.07) is 12.3. The van der Waals surface area contributed by atoms with Crippen LogP contribution in [0.3, 0.4) is 0 Å². The van der Waals surface area contributed by atoms with Gasteiger partial charge < -0.3 is 14.7 Å². The molecule has 0 unspecified atom stereocenters. The number of aliphatic carboxylic acids is 1. The van der Waals surface area contributed by atoms with Crippen molar-refractivity contribution in [2.75, 3.05) is 0 Å². The number of carboxylic acid groups (broad SMARTS) is 1. The fourth-order valence-corrected chi connectivity index (χ4v) is 4.27. The highest BCUT2D eigenvalue weighted by Gasteiger charge is 2.32. The number of carbonyl (C=O) groups is 2. The average Bonchev–Trinajstić information content (AvgIpc) is 3.31. The zero-order valence-corrected chi connectivity index (χ0v) is 20.1. The van der Waals surface area contributed by atoms with Crippen LogP contribution in [0, 0.1) is 5.92 Å². The minimum Gasteiger partial charge on any atom is -0.480 e. The number of nitrogens with one attached hydrogen (secondary N) is 1. The number of hydrogen-bond donors (Lipinski definition) is 2. The Labute approximate surface area is 203 Å². The number of ether oxygens (including phenoxy) is 1. The van der Waals surface area contributed by atoms with Crippen LogP contribution >= 0.6 is 0 Å². The predicted octanol–water partition coefficient (Wildman–Crippen LogP) is 4.52. The van der Waals surface area contributed by atoms with Crippen LogP contribution in [-0.2, 0) is 16.1 Å². The summed E-state index contributed by atoms with van der Waals surface area (Å²) >= 11 is 0. The van der Waals surface area contributed by atoms with Gasteiger partial charge in [-0.05, 0) is 41.3 Å². The van der Waals surface area contributed by atoms with Crippen molar-refractivity contribution >= 4 is 23.5 Å². The molecule has 0 spiro atoms. The Morgan fingerprint density at radius 1 is 1.14 bits per heavy atom. The molecular weight excluding hydrogens is 446 g/mol. The molecule has 3 aromatic rings. The summed E-state index contributed by atoms with van der Waals surface area (Å²) in [5, 5.41) is 24.4. The van der Waals surface area contributed by atoms with E-state index in [1.165, 1.54) is 4.90 Å². The van der Waals surface area contributed by atoms with Gasteiger partial charge in [-0.25, -0.2) is 4.79 Å². The number of benzene rings is 2. The monoisotopic (exact) mass is 475 g/mol. The second-order valence-electron chi connectivity index (χ2n) is 8.92. The maximum atomic E-state index is 13.1. The predicted molar refractivity (Wildman–Crippen MR) is 130 cm³/mol. The van der Waals surface area contributed by atoms with Crippen molar-refractivity contribution in [2.45, 2.75) is 52.6 Å². The molecule has 1 amide bonds. The Kier molecular flexibility index (Phi) is 7.24. The van der Waals surface area contributed by atoms with Crippen molar-refractivity contribution in [3.63, 3.8) is 0 Å². The van der Waals surface area contributed by atoms with E-state index < -0.39 is 12.0 Å². The lowest BCUT2D eigenvalue weighted by Gasteiger charge is -2.32. The molecule has 0 saturated heterocycles. The number of tetrazole rings is 1. The number of nitrogens with zero attached hydrogens (tertiary/aromatic N) is 4. The summed E-state index contributed by atoms with van der Waals surface area (Å²) in [6.45, 7) is 5.80. The highest BCUT2D eigenvalue weighted by atomic mass is 16.5.